The Labute approximate surface area is 147 Å². The molecule has 2 amide bonds. The number of amides is 2. The lowest BCUT2D eigenvalue weighted by Gasteiger charge is -2.20. The van der Waals surface area contributed by atoms with Crippen LogP contribution in [0, 0.1) is 6.92 Å². The zero-order valence-corrected chi connectivity index (χ0v) is 15.1. The highest BCUT2D eigenvalue weighted by molar-refractivity contribution is 6.31. The molecular formula is C17H25ClN4O2. The largest absolute Gasteiger partial charge is 0.352 e. The van der Waals surface area contributed by atoms with Crippen LogP contribution >= 0.6 is 11.6 Å². The average Bonchev–Trinajstić information content (AvgIpc) is 2.69. The highest BCUT2D eigenvalue weighted by atomic mass is 35.5. The van der Waals surface area contributed by atoms with Crippen LogP contribution in [0.5, 0.6) is 0 Å². The molecule has 0 aromatic carbocycles. The van der Waals surface area contributed by atoms with Crippen LogP contribution in [0.15, 0.2) is 6.08 Å². The van der Waals surface area contributed by atoms with Gasteiger partial charge >= 0.3 is 0 Å². The first-order valence-corrected chi connectivity index (χ1v) is 8.79. The van der Waals surface area contributed by atoms with E-state index < -0.39 is 0 Å². The van der Waals surface area contributed by atoms with E-state index in [9.17, 15) is 9.59 Å². The van der Waals surface area contributed by atoms with Crippen molar-refractivity contribution in [2.24, 2.45) is 7.05 Å². The molecular weight excluding hydrogens is 328 g/mol. The third kappa shape index (κ3) is 5.09. The third-order valence-electron chi connectivity index (χ3n) is 4.17. The van der Waals surface area contributed by atoms with Gasteiger partial charge in [0.05, 0.1) is 5.69 Å². The zero-order chi connectivity index (χ0) is 17.5. The van der Waals surface area contributed by atoms with Gasteiger partial charge in [-0.3, -0.25) is 14.3 Å². The Morgan fingerprint density at radius 2 is 2.17 bits per heavy atom. The predicted octanol–water partition coefficient (Wildman–Crippen LogP) is 2.30. The van der Waals surface area contributed by atoms with Crippen molar-refractivity contribution in [2.45, 2.75) is 39.0 Å². The van der Waals surface area contributed by atoms with E-state index in [0.29, 0.717) is 24.7 Å². The summed E-state index contributed by atoms with van der Waals surface area (Å²) in [7, 11) is 1.76. The maximum atomic E-state index is 11.9. The monoisotopic (exact) mass is 352 g/mol. The second kappa shape index (κ2) is 8.87. The highest BCUT2D eigenvalue weighted by Crippen LogP contribution is 2.19. The smallest absolute Gasteiger partial charge is 0.244 e. The van der Waals surface area contributed by atoms with E-state index in [0.717, 1.165) is 43.5 Å². The third-order valence-corrected chi connectivity index (χ3v) is 4.62. The quantitative estimate of drug-likeness (QED) is 0.631. The lowest BCUT2D eigenvalue weighted by atomic mass is 10.2. The molecule has 7 heteroatoms. The number of carbonyl (C=O) groups is 2. The van der Waals surface area contributed by atoms with Crippen molar-refractivity contribution < 1.29 is 9.59 Å². The number of rotatable bonds is 6. The Morgan fingerprint density at radius 1 is 1.38 bits per heavy atom. The van der Waals surface area contributed by atoms with Gasteiger partial charge in [-0.05, 0) is 32.3 Å². The molecule has 0 atom stereocenters. The molecule has 6 nitrogen and oxygen atoms in total. The number of carbonyl (C=O) groups excluding carboxylic acids is 2. The van der Waals surface area contributed by atoms with Gasteiger partial charge in [0.1, 0.15) is 5.15 Å². The first-order valence-electron chi connectivity index (χ1n) is 8.42. The summed E-state index contributed by atoms with van der Waals surface area (Å²) in [4.78, 5) is 25.7. The molecule has 1 aromatic heterocycles. The van der Waals surface area contributed by atoms with Crippen LogP contribution in [-0.4, -0.2) is 46.1 Å². The van der Waals surface area contributed by atoms with Crippen molar-refractivity contribution in [2.75, 3.05) is 19.6 Å². The molecule has 0 radical (unpaired) electrons. The summed E-state index contributed by atoms with van der Waals surface area (Å²) < 4.78 is 1.58. The van der Waals surface area contributed by atoms with Crippen molar-refractivity contribution in [1.82, 2.24) is 20.0 Å². The van der Waals surface area contributed by atoms with Gasteiger partial charge in [-0.15, -0.1) is 0 Å². The number of nitrogens with zero attached hydrogens (tertiary/aromatic N) is 3. The molecule has 24 heavy (non-hydrogen) atoms. The summed E-state index contributed by atoms with van der Waals surface area (Å²) in [6, 6.07) is 0. The van der Waals surface area contributed by atoms with Gasteiger partial charge in [0.25, 0.3) is 0 Å². The number of likely N-dealkylation sites (tertiary alicyclic amines) is 1. The first kappa shape index (κ1) is 18.5. The molecule has 1 aliphatic heterocycles. The van der Waals surface area contributed by atoms with Crippen LogP contribution in [0.1, 0.15) is 43.4 Å². The molecule has 0 saturated carbocycles. The average molecular weight is 353 g/mol. The lowest BCUT2D eigenvalue weighted by molar-refractivity contribution is -0.130. The van der Waals surface area contributed by atoms with Crippen LogP contribution < -0.4 is 5.32 Å². The SMILES string of the molecule is Cc1nn(C)c(Cl)c1/C=C/C(=O)NCCCN1CCCCCC1=O. The van der Waals surface area contributed by atoms with Crippen LogP contribution in [0.4, 0.5) is 0 Å². The zero-order valence-electron chi connectivity index (χ0n) is 14.3. The number of nitrogens with one attached hydrogen (secondary N) is 1. The van der Waals surface area contributed by atoms with Crippen molar-refractivity contribution in [1.29, 1.82) is 0 Å². The number of aryl methyl sites for hydroxylation is 2. The minimum absolute atomic E-state index is 0.170. The molecule has 1 aromatic rings. The Morgan fingerprint density at radius 3 is 2.88 bits per heavy atom. The number of hydrogen-bond donors (Lipinski definition) is 1. The molecule has 0 bridgehead atoms. The van der Waals surface area contributed by atoms with E-state index >= 15 is 0 Å². The van der Waals surface area contributed by atoms with Gasteiger partial charge in [-0.25, -0.2) is 0 Å². The minimum Gasteiger partial charge on any atom is -0.352 e. The summed E-state index contributed by atoms with van der Waals surface area (Å²) in [5.41, 5.74) is 1.54. The maximum absolute atomic E-state index is 11.9. The van der Waals surface area contributed by atoms with Gasteiger partial charge in [-0.2, -0.15) is 5.10 Å². The van der Waals surface area contributed by atoms with Gasteiger partial charge in [0, 0.05) is 44.7 Å². The summed E-state index contributed by atoms with van der Waals surface area (Å²) >= 11 is 6.12. The Balaban J connectivity index is 1.73. The van der Waals surface area contributed by atoms with Crippen molar-refractivity contribution in [3.05, 3.63) is 22.5 Å². The molecule has 0 aliphatic carbocycles. The molecule has 1 saturated heterocycles. The molecule has 2 rings (SSSR count). The maximum Gasteiger partial charge on any atom is 0.244 e. The number of hydrogen-bond acceptors (Lipinski definition) is 3. The summed E-state index contributed by atoms with van der Waals surface area (Å²) in [6.45, 7) is 3.94. The molecule has 1 fully saturated rings. The Kier molecular flexibility index (Phi) is 6.85. The molecule has 1 aliphatic rings. The van der Waals surface area contributed by atoms with Crippen LogP contribution in [0.3, 0.4) is 0 Å². The second-order valence-electron chi connectivity index (χ2n) is 6.08. The van der Waals surface area contributed by atoms with Crippen LogP contribution in [0.25, 0.3) is 6.08 Å². The normalized spacial score (nSPS) is 15.8. The summed E-state index contributed by atoms with van der Waals surface area (Å²) in [5, 5.41) is 7.54. The van der Waals surface area contributed by atoms with Crippen molar-refractivity contribution in [3.63, 3.8) is 0 Å². The standard InChI is InChI=1S/C17H25ClN4O2/c1-13-14(17(18)21(2)20-13)8-9-15(23)19-10-6-12-22-11-5-3-4-7-16(22)24/h8-9H,3-7,10-12H2,1-2H3,(H,19,23)/b9-8+. The van der Waals surface area contributed by atoms with Crippen molar-refractivity contribution in [3.8, 4) is 0 Å². The van der Waals surface area contributed by atoms with E-state index in [2.05, 4.69) is 10.4 Å². The minimum atomic E-state index is -0.170. The summed E-state index contributed by atoms with van der Waals surface area (Å²) in [6.07, 6.45) is 7.75. The van der Waals surface area contributed by atoms with Gasteiger partial charge in [0.2, 0.25) is 11.8 Å². The van der Waals surface area contributed by atoms with Crippen LogP contribution in [-0.2, 0) is 16.6 Å². The molecule has 0 spiro atoms. The van der Waals surface area contributed by atoms with E-state index in [-0.39, 0.29) is 11.8 Å². The fraction of sp³-hybridized carbons (Fsp3) is 0.588. The second-order valence-corrected chi connectivity index (χ2v) is 6.44. The van der Waals surface area contributed by atoms with E-state index in [1.807, 2.05) is 11.8 Å². The van der Waals surface area contributed by atoms with Gasteiger partial charge in [-0.1, -0.05) is 18.0 Å². The van der Waals surface area contributed by atoms with E-state index in [4.69, 9.17) is 11.6 Å². The summed E-state index contributed by atoms with van der Waals surface area (Å²) in [5.74, 6) is 0.0666. The lowest BCUT2D eigenvalue weighted by Crippen LogP contribution is -2.33. The molecule has 2 heterocycles. The molecule has 1 N–H and O–H groups in total. The Bertz CT molecular complexity index is 624. The first-order chi connectivity index (χ1) is 11.5. The van der Waals surface area contributed by atoms with Crippen LogP contribution in [0.2, 0.25) is 5.15 Å². The highest BCUT2D eigenvalue weighted by Gasteiger charge is 2.15. The van der Waals surface area contributed by atoms with Gasteiger partial charge in [0.15, 0.2) is 0 Å². The fourth-order valence-corrected chi connectivity index (χ4v) is 3.05. The Hall–Kier alpha value is -1.82. The van der Waals surface area contributed by atoms with Crippen molar-refractivity contribution >= 4 is 29.5 Å². The predicted molar refractivity (Wildman–Crippen MR) is 94.7 cm³/mol. The molecule has 132 valence electrons. The van der Waals surface area contributed by atoms with Gasteiger partial charge < -0.3 is 10.2 Å². The fourth-order valence-electron chi connectivity index (χ4n) is 2.81. The molecule has 0 unspecified atom stereocenters. The number of aromatic nitrogens is 2. The topological polar surface area (TPSA) is 67.2 Å². The number of halogens is 1. The van der Waals surface area contributed by atoms with E-state index in [1.54, 1.807) is 17.8 Å². The van der Waals surface area contributed by atoms with E-state index in [1.165, 1.54) is 6.08 Å².